The number of ether oxygens (including phenoxy) is 2. The highest BCUT2D eigenvalue weighted by Gasteiger charge is 2.21. The second kappa shape index (κ2) is 7.19. The third kappa shape index (κ3) is 4.95. The summed E-state index contributed by atoms with van der Waals surface area (Å²) in [5.74, 6) is 0.122. The fourth-order valence-electron chi connectivity index (χ4n) is 1.54. The monoisotopic (exact) mass is 279 g/mol. The second-order valence-electron chi connectivity index (χ2n) is 3.71. The highest BCUT2D eigenvalue weighted by molar-refractivity contribution is 9.09. The maximum Gasteiger partial charge on any atom is 0.225 e. The summed E-state index contributed by atoms with van der Waals surface area (Å²) in [6, 6.07) is 0. The van der Waals surface area contributed by atoms with E-state index in [1.165, 1.54) is 0 Å². The summed E-state index contributed by atoms with van der Waals surface area (Å²) in [6.07, 6.45) is 1.91. The first kappa shape index (κ1) is 12.9. The minimum atomic E-state index is 0.0287. The molecule has 4 nitrogen and oxygen atoms in total. The molecule has 0 saturated carbocycles. The summed E-state index contributed by atoms with van der Waals surface area (Å²) >= 11 is 3.42. The zero-order valence-electron chi connectivity index (χ0n) is 9.00. The Morgan fingerprint density at radius 2 is 2.53 bits per heavy atom. The first-order valence-corrected chi connectivity index (χ1v) is 6.14. The van der Waals surface area contributed by atoms with Crippen LogP contribution in [-0.4, -0.2) is 44.2 Å². The van der Waals surface area contributed by atoms with E-state index in [0.29, 0.717) is 19.8 Å². The Balaban J connectivity index is 2.16. The van der Waals surface area contributed by atoms with E-state index in [4.69, 9.17) is 9.47 Å². The maximum atomic E-state index is 11.7. The van der Waals surface area contributed by atoms with Gasteiger partial charge in [-0.15, -0.1) is 0 Å². The molecule has 88 valence electrons. The van der Waals surface area contributed by atoms with Crippen molar-refractivity contribution >= 4 is 21.8 Å². The molecule has 1 saturated heterocycles. The second-order valence-corrected chi connectivity index (χ2v) is 5.01. The average molecular weight is 280 g/mol. The molecule has 0 bridgehead atoms. The van der Waals surface area contributed by atoms with Crippen LogP contribution in [0.1, 0.15) is 12.8 Å². The molecular formula is C10H18BrNO3. The van der Waals surface area contributed by atoms with E-state index < -0.39 is 0 Å². The number of halogens is 1. The Morgan fingerprint density at radius 3 is 3.13 bits per heavy atom. The van der Waals surface area contributed by atoms with Gasteiger partial charge in [0.15, 0.2) is 0 Å². The van der Waals surface area contributed by atoms with Gasteiger partial charge in [-0.25, -0.2) is 0 Å². The van der Waals surface area contributed by atoms with Crippen molar-refractivity contribution in [2.45, 2.75) is 17.7 Å². The van der Waals surface area contributed by atoms with Crippen LogP contribution in [0.25, 0.3) is 0 Å². The lowest BCUT2D eigenvalue weighted by Gasteiger charge is -2.21. The molecule has 0 aliphatic carbocycles. The van der Waals surface area contributed by atoms with E-state index >= 15 is 0 Å². The van der Waals surface area contributed by atoms with Crippen molar-refractivity contribution in [1.82, 2.24) is 5.32 Å². The highest BCUT2D eigenvalue weighted by Crippen LogP contribution is 2.13. The van der Waals surface area contributed by atoms with Crippen LogP contribution in [0.5, 0.6) is 0 Å². The zero-order chi connectivity index (χ0) is 11.1. The summed E-state index contributed by atoms with van der Waals surface area (Å²) in [5, 5.41) is 2.89. The number of alkyl halides is 1. The van der Waals surface area contributed by atoms with Gasteiger partial charge in [0.1, 0.15) is 0 Å². The van der Waals surface area contributed by atoms with Crippen molar-refractivity contribution in [3.8, 4) is 0 Å². The molecule has 0 aromatic heterocycles. The molecule has 5 heteroatoms. The molecule has 0 aromatic rings. The minimum absolute atomic E-state index is 0.0287. The van der Waals surface area contributed by atoms with E-state index in [1.54, 1.807) is 7.11 Å². The molecule has 1 rings (SSSR count). The molecule has 0 radical (unpaired) electrons. The normalized spacial score (nSPS) is 23.5. The van der Waals surface area contributed by atoms with Gasteiger partial charge in [0, 0.05) is 20.3 Å². The third-order valence-corrected chi connectivity index (χ3v) is 2.96. The number of hydrogen-bond donors (Lipinski definition) is 1. The van der Waals surface area contributed by atoms with Crippen molar-refractivity contribution in [3.63, 3.8) is 0 Å². The lowest BCUT2D eigenvalue weighted by atomic mass is 10.0. The van der Waals surface area contributed by atoms with E-state index in [-0.39, 0.29) is 16.7 Å². The number of hydrogen-bond acceptors (Lipinski definition) is 3. The summed E-state index contributed by atoms with van der Waals surface area (Å²) < 4.78 is 10.2. The Labute approximate surface area is 98.8 Å². The third-order valence-electron chi connectivity index (χ3n) is 2.38. The summed E-state index contributed by atoms with van der Waals surface area (Å²) in [6.45, 7) is 2.54. The Morgan fingerprint density at radius 1 is 1.73 bits per heavy atom. The van der Waals surface area contributed by atoms with Gasteiger partial charge in [-0.1, -0.05) is 15.9 Å². The van der Waals surface area contributed by atoms with Crippen molar-refractivity contribution in [2.24, 2.45) is 5.92 Å². The van der Waals surface area contributed by atoms with E-state index in [1.807, 2.05) is 0 Å². The molecule has 2 unspecified atom stereocenters. The Hall–Kier alpha value is -0.130. The zero-order valence-corrected chi connectivity index (χ0v) is 10.6. The fraction of sp³-hybridized carbons (Fsp3) is 0.900. The van der Waals surface area contributed by atoms with E-state index in [0.717, 1.165) is 19.4 Å². The molecular weight excluding hydrogens is 262 g/mol. The predicted octanol–water partition coefficient (Wildman–Crippen LogP) is 0.939. The number of nitrogens with one attached hydrogen (secondary N) is 1. The number of carbonyl (C=O) groups excluding carboxylic acids is 1. The first-order chi connectivity index (χ1) is 7.24. The standard InChI is InChI=1S/C10H18BrNO3/c1-14-7-9(11)5-12-10(13)8-3-2-4-15-6-8/h8-9H,2-7H2,1H3,(H,12,13). The molecule has 1 fully saturated rings. The van der Waals surface area contributed by atoms with Gasteiger partial charge in [0.05, 0.1) is 24.0 Å². The van der Waals surface area contributed by atoms with Crippen LogP contribution in [0.3, 0.4) is 0 Å². The Kier molecular flexibility index (Phi) is 6.20. The predicted molar refractivity (Wildman–Crippen MR) is 61.1 cm³/mol. The van der Waals surface area contributed by atoms with Crippen LogP contribution < -0.4 is 5.32 Å². The fourth-order valence-corrected chi connectivity index (χ4v) is 1.97. The van der Waals surface area contributed by atoms with Crippen LogP contribution in [0.15, 0.2) is 0 Å². The molecule has 1 aliphatic rings. The van der Waals surface area contributed by atoms with Gasteiger partial charge in [0.25, 0.3) is 0 Å². The van der Waals surface area contributed by atoms with Crippen molar-refractivity contribution in [1.29, 1.82) is 0 Å². The van der Waals surface area contributed by atoms with Crippen molar-refractivity contribution in [2.75, 3.05) is 33.5 Å². The topological polar surface area (TPSA) is 47.6 Å². The molecule has 0 spiro atoms. The SMILES string of the molecule is COCC(Br)CNC(=O)C1CCCOC1. The average Bonchev–Trinajstić information content (AvgIpc) is 2.27. The van der Waals surface area contributed by atoms with Crippen molar-refractivity contribution in [3.05, 3.63) is 0 Å². The number of methoxy groups -OCH3 is 1. The molecule has 15 heavy (non-hydrogen) atoms. The largest absolute Gasteiger partial charge is 0.383 e. The highest BCUT2D eigenvalue weighted by atomic mass is 79.9. The van der Waals surface area contributed by atoms with Crippen LogP contribution in [0, 0.1) is 5.92 Å². The van der Waals surface area contributed by atoms with Crippen LogP contribution in [0.2, 0.25) is 0 Å². The van der Waals surface area contributed by atoms with Crippen LogP contribution in [-0.2, 0) is 14.3 Å². The smallest absolute Gasteiger partial charge is 0.225 e. The number of rotatable bonds is 5. The van der Waals surface area contributed by atoms with Gasteiger partial charge in [-0.3, -0.25) is 4.79 Å². The van der Waals surface area contributed by atoms with Gasteiger partial charge in [-0.2, -0.15) is 0 Å². The van der Waals surface area contributed by atoms with Gasteiger partial charge in [-0.05, 0) is 12.8 Å². The lowest BCUT2D eigenvalue weighted by molar-refractivity contribution is -0.128. The number of carbonyl (C=O) groups is 1. The molecule has 1 heterocycles. The lowest BCUT2D eigenvalue weighted by Crippen LogP contribution is -2.39. The van der Waals surface area contributed by atoms with E-state index in [9.17, 15) is 4.79 Å². The Bertz CT molecular complexity index is 195. The summed E-state index contributed by atoms with van der Waals surface area (Å²) in [4.78, 5) is 11.8. The van der Waals surface area contributed by atoms with Gasteiger partial charge < -0.3 is 14.8 Å². The van der Waals surface area contributed by atoms with Gasteiger partial charge >= 0.3 is 0 Å². The summed E-state index contributed by atoms with van der Waals surface area (Å²) in [7, 11) is 1.64. The van der Waals surface area contributed by atoms with Crippen molar-refractivity contribution < 1.29 is 14.3 Å². The first-order valence-electron chi connectivity index (χ1n) is 5.22. The maximum absolute atomic E-state index is 11.7. The molecule has 1 N–H and O–H groups in total. The molecule has 1 aliphatic heterocycles. The minimum Gasteiger partial charge on any atom is -0.383 e. The summed E-state index contributed by atoms with van der Waals surface area (Å²) in [5.41, 5.74) is 0. The molecule has 0 aromatic carbocycles. The molecule has 1 amide bonds. The van der Waals surface area contributed by atoms with Crippen LogP contribution in [0.4, 0.5) is 0 Å². The number of amides is 1. The van der Waals surface area contributed by atoms with Gasteiger partial charge in [0.2, 0.25) is 5.91 Å². The van der Waals surface area contributed by atoms with Crippen LogP contribution >= 0.6 is 15.9 Å². The van der Waals surface area contributed by atoms with E-state index in [2.05, 4.69) is 21.2 Å². The molecule has 2 atom stereocenters. The quantitative estimate of drug-likeness (QED) is 0.762.